The summed E-state index contributed by atoms with van der Waals surface area (Å²) in [6, 6.07) is 7.40. The summed E-state index contributed by atoms with van der Waals surface area (Å²) in [5.74, 6) is -0.594. The Labute approximate surface area is 245 Å². The van der Waals surface area contributed by atoms with Gasteiger partial charge in [0.2, 0.25) is 0 Å². The number of pyridine rings is 1. The van der Waals surface area contributed by atoms with Crippen molar-refractivity contribution >= 4 is 41.1 Å². The van der Waals surface area contributed by atoms with E-state index < -0.39 is 36.5 Å². The first-order chi connectivity index (χ1) is 20.7. The molecule has 2 aliphatic rings. The lowest BCUT2D eigenvalue weighted by atomic mass is 9.95. The highest BCUT2D eigenvalue weighted by atomic mass is 16.7. The topological polar surface area (TPSA) is 170 Å². The third kappa shape index (κ3) is 5.60. The number of fused-ring (bicyclic) bond motifs is 2. The van der Waals surface area contributed by atoms with Gasteiger partial charge < -0.3 is 38.5 Å². The van der Waals surface area contributed by atoms with Gasteiger partial charge in [-0.3, -0.25) is 14.6 Å². The van der Waals surface area contributed by atoms with Crippen molar-refractivity contribution in [1.29, 1.82) is 0 Å². The number of amides is 5. The summed E-state index contributed by atoms with van der Waals surface area (Å²) in [6.07, 6.45) is 1.30. The quantitative estimate of drug-likeness (QED) is 0.270. The first-order valence-electron chi connectivity index (χ1n) is 13.3. The first kappa shape index (κ1) is 29.2. The normalized spacial score (nSPS) is 17.6. The molecule has 15 nitrogen and oxygen atoms in total. The second-order valence-corrected chi connectivity index (χ2v) is 9.77. The number of hydrogen-bond donors (Lipinski definition) is 1. The van der Waals surface area contributed by atoms with E-state index in [0.717, 1.165) is 5.56 Å². The average molecular weight is 596 g/mol. The number of furan rings is 1. The number of benzene rings is 1. The largest absolute Gasteiger partial charge is 0.510 e. The maximum Gasteiger partial charge on any atom is 0.510 e. The Kier molecular flexibility index (Phi) is 8.05. The summed E-state index contributed by atoms with van der Waals surface area (Å²) in [4.78, 5) is 71.7. The number of carbonyl (C=O) groups is 5. The molecule has 5 amide bonds. The van der Waals surface area contributed by atoms with Gasteiger partial charge in [-0.25, -0.2) is 19.3 Å². The zero-order valence-corrected chi connectivity index (χ0v) is 23.7. The van der Waals surface area contributed by atoms with Crippen LogP contribution in [-0.4, -0.2) is 97.0 Å². The molecule has 1 atom stereocenters. The van der Waals surface area contributed by atoms with Crippen LogP contribution in [0.1, 0.15) is 28.6 Å². The number of rotatable bonds is 10. The Morgan fingerprint density at radius 1 is 1.14 bits per heavy atom. The molecule has 1 aromatic carbocycles. The molecular formula is C28H29N5O10. The molecular weight excluding hydrogens is 566 g/mol. The van der Waals surface area contributed by atoms with Crippen molar-refractivity contribution in [3.63, 3.8) is 0 Å². The molecule has 5 rings (SSSR count). The number of likely N-dealkylation sites (N-methyl/N-ethyl adjacent to an activating group) is 1. The SMILES string of the molecule is CCOC(=O)N(C)CCOC(=O)OCN1C(=O)N[C@@](CN2Cc3ccc(OC)cc3C2=O)(c2cc3cnccc3o2)C1=O. The average Bonchev–Trinajstić information content (AvgIpc) is 3.64. The third-order valence-electron chi connectivity index (χ3n) is 7.07. The lowest BCUT2D eigenvalue weighted by Crippen LogP contribution is -2.52. The van der Waals surface area contributed by atoms with Crippen molar-refractivity contribution in [2.24, 2.45) is 0 Å². The van der Waals surface area contributed by atoms with E-state index in [1.807, 2.05) is 0 Å². The van der Waals surface area contributed by atoms with E-state index >= 15 is 0 Å². The highest BCUT2D eigenvalue weighted by molar-refractivity contribution is 6.08. The number of methoxy groups -OCH3 is 1. The number of urea groups is 1. The smallest absolute Gasteiger partial charge is 0.497 e. The van der Waals surface area contributed by atoms with Crippen LogP contribution < -0.4 is 10.1 Å². The van der Waals surface area contributed by atoms with Crippen LogP contribution in [0.5, 0.6) is 5.75 Å². The van der Waals surface area contributed by atoms with E-state index in [-0.39, 0.29) is 44.5 Å². The molecule has 1 fully saturated rings. The molecule has 43 heavy (non-hydrogen) atoms. The van der Waals surface area contributed by atoms with Crippen LogP contribution in [0.2, 0.25) is 0 Å². The Hall–Kier alpha value is -5.34. The molecule has 0 unspecified atom stereocenters. The maximum absolute atomic E-state index is 14.0. The molecule has 226 valence electrons. The van der Waals surface area contributed by atoms with Crippen molar-refractivity contribution in [3.05, 3.63) is 59.6 Å². The van der Waals surface area contributed by atoms with Crippen molar-refractivity contribution in [3.8, 4) is 5.75 Å². The lowest BCUT2D eigenvalue weighted by Gasteiger charge is -2.29. The van der Waals surface area contributed by atoms with Crippen LogP contribution in [-0.2, 0) is 31.1 Å². The Bertz CT molecular complexity index is 1560. The summed E-state index contributed by atoms with van der Waals surface area (Å²) in [6.45, 7) is 0.793. The standard InChI is InChI=1S/C28H29N5O10/c1-4-40-26(37)31(2)9-10-41-27(38)42-16-33-24(35)28(30-25(33)36,22-11-18-13-29-8-7-21(18)43-22)15-32-14-17-5-6-19(39-3)12-20(17)23(32)34/h5-8,11-13H,4,9-10,14-16H2,1-3H3,(H,30,36)/t28-/m0/s1. The van der Waals surface area contributed by atoms with Crippen LogP contribution in [0.4, 0.5) is 14.4 Å². The highest BCUT2D eigenvalue weighted by Crippen LogP contribution is 2.37. The number of nitrogens with zero attached hydrogens (tertiary/aromatic N) is 4. The van der Waals surface area contributed by atoms with Crippen LogP contribution in [0, 0.1) is 0 Å². The van der Waals surface area contributed by atoms with Gasteiger partial charge in [0.05, 0.1) is 26.8 Å². The van der Waals surface area contributed by atoms with Crippen molar-refractivity contribution in [1.82, 2.24) is 25.0 Å². The maximum atomic E-state index is 14.0. The molecule has 3 aromatic rings. The van der Waals surface area contributed by atoms with Gasteiger partial charge in [0.25, 0.3) is 11.8 Å². The first-order valence-corrected chi connectivity index (χ1v) is 13.3. The second kappa shape index (κ2) is 11.9. The Morgan fingerprint density at radius 2 is 1.95 bits per heavy atom. The van der Waals surface area contributed by atoms with Gasteiger partial charge in [0.1, 0.15) is 23.7 Å². The molecule has 1 N–H and O–H groups in total. The summed E-state index contributed by atoms with van der Waals surface area (Å²) < 4.78 is 26.1. The van der Waals surface area contributed by atoms with Crippen molar-refractivity contribution < 1.29 is 47.3 Å². The van der Waals surface area contributed by atoms with Crippen LogP contribution >= 0.6 is 0 Å². The Balaban J connectivity index is 1.33. The van der Waals surface area contributed by atoms with Gasteiger partial charge in [-0.05, 0) is 36.8 Å². The van der Waals surface area contributed by atoms with E-state index in [0.29, 0.717) is 27.2 Å². The fraction of sp³-hybridized carbons (Fsp3) is 0.357. The lowest BCUT2D eigenvalue weighted by molar-refractivity contribution is -0.135. The summed E-state index contributed by atoms with van der Waals surface area (Å²) in [5, 5.41) is 3.24. The van der Waals surface area contributed by atoms with E-state index in [9.17, 15) is 24.0 Å². The fourth-order valence-corrected chi connectivity index (χ4v) is 4.82. The predicted molar refractivity (Wildman–Crippen MR) is 146 cm³/mol. The van der Waals surface area contributed by atoms with Gasteiger partial charge in [0, 0.05) is 36.9 Å². The summed E-state index contributed by atoms with van der Waals surface area (Å²) in [5.41, 5.74) is -0.286. The van der Waals surface area contributed by atoms with Gasteiger partial charge in [-0.15, -0.1) is 0 Å². The van der Waals surface area contributed by atoms with Gasteiger partial charge in [0.15, 0.2) is 12.3 Å². The molecule has 0 radical (unpaired) electrons. The summed E-state index contributed by atoms with van der Waals surface area (Å²) in [7, 11) is 2.96. The predicted octanol–water partition coefficient (Wildman–Crippen LogP) is 2.44. The second-order valence-electron chi connectivity index (χ2n) is 9.77. The zero-order valence-electron chi connectivity index (χ0n) is 23.7. The van der Waals surface area contributed by atoms with E-state index in [4.69, 9.17) is 23.4 Å². The van der Waals surface area contributed by atoms with Gasteiger partial charge in [-0.1, -0.05) is 6.07 Å². The zero-order chi connectivity index (χ0) is 30.7. The van der Waals surface area contributed by atoms with E-state index in [2.05, 4.69) is 10.3 Å². The van der Waals surface area contributed by atoms with E-state index in [1.54, 1.807) is 37.3 Å². The number of aromatic nitrogens is 1. The Morgan fingerprint density at radius 3 is 2.70 bits per heavy atom. The highest BCUT2D eigenvalue weighted by Gasteiger charge is 2.57. The number of ether oxygens (including phenoxy) is 4. The molecule has 1 saturated heterocycles. The molecule has 2 aromatic heterocycles. The van der Waals surface area contributed by atoms with Gasteiger partial charge in [-0.2, -0.15) is 0 Å². The molecule has 0 spiro atoms. The monoisotopic (exact) mass is 595 g/mol. The molecule has 0 bridgehead atoms. The molecule has 2 aliphatic heterocycles. The van der Waals surface area contributed by atoms with Crippen LogP contribution in [0.3, 0.4) is 0 Å². The van der Waals surface area contributed by atoms with Crippen molar-refractivity contribution in [2.75, 3.05) is 47.2 Å². The number of hydrogen-bond acceptors (Lipinski definition) is 11. The molecule has 0 aliphatic carbocycles. The van der Waals surface area contributed by atoms with Crippen LogP contribution in [0.15, 0.2) is 47.1 Å². The molecule has 4 heterocycles. The minimum Gasteiger partial charge on any atom is -0.497 e. The van der Waals surface area contributed by atoms with Crippen LogP contribution in [0.25, 0.3) is 11.0 Å². The number of imide groups is 1. The minimum absolute atomic E-state index is 0.0270. The molecule has 15 heteroatoms. The fourth-order valence-electron chi connectivity index (χ4n) is 4.82. The third-order valence-corrected chi connectivity index (χ3v) is 7.07. The summed E-state index contributed by atoms with van der Waals surface area (Å²) >= 11 is 0. The minimum atomic E-state index is -1.84. The van der Waals surface area contributed by atoms with Crippen molar-refractivity contribution in [2.45, 2.75) is 19.0 Å². The van der Waals surface area contributed by atoms with Gasteiger partial charge >= 0.3 is 18.3 Å². The molecule has 0 saturated carbocycles. The van der Waals surface area contributed by atoms with E-state index in [1.165, 1.54) is 36.4 Å². The number of nitrogens with one attached hydrogen (secondary N) is 1. The number of carbonyl (C=O) groups excluding carboxylic acids is 5.